The molecule has 1 heterocycles. The van der Waals surface area contributed by atoms with Crippen molar-refractivity contribution in [1.29, 1.82) is 0 Å². The maximum absolute atomic E-state index is 5.23. The number of fused-ring (bicyclic) bond motifs is 1. The summed E-state index contributed by atoms with van der Waals surface area (Å²) >= 11 is 0. The molecule has 90 valence electrons. The van der Waals surface area contributed by atoms with Gasteiger partial charge in [0.2, 0.25) is 5.52 Å². The highest BCUT2D eigenvalue weighted by molar-refractivity contribution is 5.75. The zero-order valence-electron chi connectivity index (χ0n) is 10.5. The van der Waals surface area contributed by atoms with E-state index in [1.54, 1.807) is 14.2 Å². The zero-order valence-corrected chi connectivity index (χ0v) is 10.5. The van der Waals surface area contributed by atoms with Gasteiger partial charge in [0.25, 0.3) is 0 Å². The van der Waals surface area contributed by atoms with Crippen molar-refractivity contribution in [2.24, 2.45) is 7.05 Å². The predicted molar refractivity (Wildman–Crippen MR) is 66.6 cm³/mol. The average molecular weight is 232 g/mol. The molecule has 1 aromatic heterocycles. The Morgan fingerprint density at radius 2 is 1.76 bits per heavy atom. The standard InChI is InChI=1S/C14H18NO2/c1-15-12(10-14(16-2)17-3)9-8-11-6-4-5-7-13(11)15/h4-9,14H,10H2,1-3H3/q+1. The van der Waals surface area contributed by atoms with Gasteiger partial charge in [-0.05, 0) is 12.1 Å². The summed E-state index contributed by atoms with van der Waals surface area (Å²) < 4.78 is 12.7. The largest absolute Gasteiger partial charge is 0.355 e. The van der Waals surface area contributed by atoms with Crippen LogP contribution in [0.25, 0.3) is 10.9 Å². The fourth-order valence-electron chi connectivity index (χ4n) is 2.03. The van der Waals surface area contributed by atoms with Crippen LogP contribution in [0, 0.1) is 0 Å². The van der Waals surface area contributed by atoms with Crippen molar-refractivity contribution < 1.29 is 14.0 Å². The second-order valence-electron chi connectivity index (χ2n) is 4.05. The van der Waals surface area contributed by atoms with Gasteiger partial charge >= 0.3 is 0 Å². The molecule has 17 heavy (non-hydrogen) atoms. The van der Waals surface area contributed by atoms with Crippen LogP contribution in [0.1, 0.15) is 5.69 Å². The van der Waals surface area contributed by atoms with Gasteiger partial charge in [-0.15, -0.1) is 0 Å². The molecule has 0 atom stereocenters. The number of rotatable bonds is 4. The number of para-hydroxylation sites is 1. The number of hydrogen-bond acceptors (Lipinski definition) is 2. The molecule has 2 aromatic rings. The van der Waals surface area contributed by atoms with Gasteiger partial charge in [-0.2, -0.15) is 4.57 Å². The minimum Gasteiger partial charge on any atom is -0.355 e. The van der Waals surface area contributed by atoms with Crippen LogP contribution in [0.3, 0.4) is 0 Å². The maximum Gasteiger partial charge on any atom is 0.212 e. The van der Waals surface area contributed by atoms with Crippen LogP contribution in [0.2, 0.25) is 0 Å². The number of pyridine rings is 1. The van der Waals surface area contributed by atoms with E-state index in [0.717, 1.165) is 6.42 Å². The molecular weight excluding hydrogens is 214 g/mol. The molecule has 0 radical (unpaired) electrons. The summed E-state index contributed by atoms with van der Waals surface area (Å²) in [5.41, 5.74) is 2.41. The van der Waals surface area contributed by atoms with E-state index >= 15 is 0 Å². The highest BCUT2D eigenvalue weighted by atomic mass is 16.7. The first-order valence-corrected chi connectivity index (χ1v) is 5.68. The zero-order chi connectivity index (χ0) is 12.3. The van der Waals surface area contributed by atoms with Crippen molar-refractivity contribution in [2.75, 3.05) is 14.2 Å². The van der Waals surface area contributed by atoms with Gasteiger partial charge in [-0.1, -0.05) is 12.1 Å². The number of benzene rings is 1. The molecule has 3 heteroatoms. The molecule has 0 aliphatic heterocycles. The Hall–Kier alpha value is -1.45. The highest BCUT2D eigenvalue weighted by Crippen LogP contribution is 2.11. The van der Waals surface area contributed by atoms with Gasteiger partial charge in [0.05, 0.1) is 6.42 Å². The summed E-state index contributed by atoms with van der Waals surface area (Å²) in [7, 11) is 5.39. The lowest BCUT2D eigenvalue weighted by molar-refractivity contribution is -0.653. The molecule has 0 saturated carbocycles. The van der Waals surface area contributed by atoms with E-state index in [4.69, 9.17) is 9.47 Å². The SMILES string of the molecule is COC(Cc1ccc2ccccc2[n+]1C)OC. The lowest BCUT2D eigenvalue weighted by Crippen LogP contribution is -2.36. The molecule has 3 nitrogen and oxygen atoms in total. The van der Waals surface area contributed by atoms with E-state index in [1.807, 2.05) is 0 Å². The molecule has 0 N–H and O–H groups in total. The monoisotopic (exact) mass is 232 g/mol. The first kappa shape index (κ1) is 12.0. The molecule has 0 saturated heterocycles. The van der Waals surface area contributed by atoms with E-state index in [-0.39, 0.29) is 6.29 Å². The van der Waals surface area contributed by atoms with Crippen molar-refractivity contribution in [1.82, 2.24) is 0 Å². The highest BCUT2D eigenvalue weighted by Gasteiger charge is 2.16. The number of aryl methyl sites for hydroxylation is 1. The molecule has 0 unspecified atom stereocenters. The van der Waals surface area contributed by atoms with Gasteiger partial charge < -0.3 is 9.47 Å². The third kappa shape index (κ3) is 2.46. The lowest BCUT2D eigenvalue weighted by Gasteiger charge is -2.12. The molecule has 0 amide bonds. The van der Waals surface area contributed by atoms with Crippen LogP contribution < -0.4 is 4.57 Å². The molecule has 0 fully saturated rings. The van der Waals surface area contributed by atoms with Gasteiger partial charge in [0.15, 0.2) is 12.0 Å². The van der Waals surface area contributed by atoms with Gasteiger partial charge in [0.1, 0.15) is 7.05 Å². The molecule has 2 rings (SSSR count). The number of methoxy groups -OCH3 is 2. The van der Waals surface area contributed by atoms with Crippen molar-refractivity contribution >= 4 is 10.9 Å². The maximum atomic E-state index is 5.23. The summed E-state index contributed by atoms with van der Waals surface area (Å²) in [5.74, 6) is 0. The predicted octanol–water partition coefficient (Wildman–Crippen LogP) is 1.83. The van der Waals surface area contributed by atoms with E-state index in [0.29, 0.717) is 0 Å². The summed E-state index contributed by atoms with van der Waals surface area (Å²) in [6.45, 7) is 0. The van der Waals surface area contributed by atoms with E-state index in [1.165, 1.54) is 16.6 Å². The molecule has 1 aromatic carbocycles. The second-order valence-corrected chi connectivity index (χ2v) is 4.05. The van der Waals surface area contributed by atoms with E-state index < -0.39 is 0 Å². The van der Waals surface area contributed by atoms with Crippen LogP contribution in [0.15, 0.2) is 36.4 Å². The molecule has 0 bridgehead atoms. The summed E-state index contributed by atoms with van der Waals surface area (Å²) in [5, 5.41) is 1.24. The topological polar surface area (TPSA) is 22.3 Å². The number of aromatic nitrogens is 1. The van der Waals surface area contributed by atoms with Crippen LogP contribution in [-0.4, -0.2) is 20.5 Å². The quantitative estimate of drug-likeness (QED) is 0.592. The third-order valence-electron chi connectivity index (χ3n) is 3.09. The summed E-state index contributed by atoms with van der Waals surface area (Å²) in [4.78, 5) is 0. The molecular formula is C14H18NO2+. The number of hydrogen-bond donors (Lipinski definition) is 0. The van der Waals surface area contributed by atoms with Gasteiger partial charge in [-0.3, -0.25) is 0 Å². The Morgan fingerprint density at radius 3 is 2.47 bits per heavy atom. The van der Waals surface area contributed by atoms with Crippen LogP contribution in [-0.2, 0) is 22.9 Å². The Morgan fingerprint density at radius 1 is 1.06 bits per heavy atom. The third-order valence-corrected chi connectivity index (χ3v) is 3.09. The Kier molecular flexibility index (Phi) is 3.71. The first-order valence-electron chi connectivity index (χ1n) is 5.68. The second kappa shape index (κ2) is 5.25. The number of nitrogens with zero attached hydrogens (tertiary/aromatic N) is 1. The molecule has 0 aliphatic carbocycles. The van der Waals surface area contributed by atoms with Gasteiger partial charge in [0, 0.05) is 31.7 Å². The minimum atomic E-state index is -0.192. The Balaban J connectivity index is 2.38. The summed E-state index contributed by atoms with van der Waals surface area (Å²) in [6, 6.07) is 12.6. The van der Waals surface area contributed by atoms with Crippen molar-refractivity contribution in [2.45, 2.75) is 12.7 Å². The smallest absolute Gasteiger partial charge is 0.212 e. The van der Waals surface area contributed by atoms with Crippen LogP contribution in [0.4, 0.5) is 0 Å². The van der Waals surface area contributed by atoms with Crippen molar-refractivity contribution in [3.63, 3.8) is 0 Å². The van der Waals surface area contributed by atoms with Crippen LogP contribution in [0.5, 0.6) is 0 Å². The molecule has 0 aliphatic rings. The minimum absolute atomic E-state index is 0.192. The van der Waals surface area contributed by atoms with E-state index in [9.17, 15) is 0 Å². The molecule has 0 spiro atoms. The Bertz CT molecular complexity index is 507. The summed E-state index contributed by atoms with van der Waals surface area (Å²) in [6.07, 6.45) is 0.552. The van der Waals surface area contributed by atoms with Crippen molar-refractivity contribution in [3.05, 3.63) is 42.1 Å². The fraction of sp³-hybridized carbons (Fsp3) is 0.357. The number of ether oxygens (including phenoxy) is 2. The first-order chi connectivity index (χ1) is 8.26. The van der Waals surface area contributed by atoms with E-state index in [2.05, 4.69) is 48.0 Å². The van der Waals surface area contributed by atoms with Gasteiger partial charge in [-0.25, -0.2) is 0 Å². The normalized spacial score (nSPS) is 11.3. The van der Waals surface area contributed by atoms with Crippen LogP contribution >= 0.6 is 0 Å². The van der Waals surface area contributed by atoms with Crippen molar-refractivity contribution in [3.8, 4) is 0 Å². The average Bonchev–Trinajstić information content (AvgIpc) is 2.38. The lowest BCUT2D eigenvalue weighted by atomic mass is 10.1. The fourth-order valence-corrected chi connectivity index (χ4v) is 2.03. The Labute approximate surface area is 102 Å².